The van der Waals surface area contributed by atoms with Crippen LogP contribution in [-0.4, -0.2) is 0 Å². The van der Waals surface area contributed by atoms with Crippen LogP contribution in [0.3, 0.4) is 0 Å². The zero-order valence-corrected chi connectivity index (χ0v) is 13.5. The largest absolute Gasteiger partial charge is 0.489 e. The third-order valence-corrected chi connectivity index (χ3v) is 3.93. The molecule has 3 rings (SSSR count). The van der Waals surface area contributed by atoms with Crippen molar-refractivity contribution < 1.29 is 14.5 Å². The maximum atomic E-state index is 6.15. The molecular formula is C19H19ClNO2+. The maximum Gasteiger partial charge on any atom is 0.157 e. The van der Waals surface area contributed by atoms with E-state index in [0.717, 1.165) is 35.2 Å². The Kier molecular flexibility index (Phi) is 5.35. The molecule has 0 aliphatic heterocycles. The van der Waals surface area contributed by atoms with Crippen molar-refractivity contribution in [3.63, 3.8) is 0 Å². The van der Waals surface area contributed by atoms with Gasteiger partial charge in [-0.2, -0.15) is 0 Å². The topological polar surface area (TPSA) is 39.0 Å². The van der Waals surface area contributed by atoms with Gasteiger partial charge in [0.1, 0.15) is 25.4 Å². The molecule has 2 aromatic carbocycles. The van der Waals surface area contributed by atoms with Crippen molar-refractivity contribution in [3.05, 3.63) is 88.8 Å². The van der Waals surface area contributed by atoms with Gasteiger partial charge in [-0.25, -0.2) is 0 Å². The van der Waals surface area contributed by atoms with Gasteiger partial charge in [0.2, 0.25) is 0 Å². The number of rotatable bonds is 7. The SMILES string of the molecule is Clc1ccccc1COc1cccc(C[NH2+]Cc2ccco2)c1. The van der Waals surface area contributed by atoms with Crippen molar-refractivity contribution >= 4 is 11.6 Å². The third kappa shape index (κ3) is 4.62. The summed E-state index contributed by atoms with van der Waals surface area (Å²) in [4.78, 5) is 0. The Hall–Kier alpha value is -2.23. The number of ether oxygens (including phenoxy) is 1. The van der Waals surface area contributed by atoms with E-state index in [1.807, 2.05) is 48.5 Å². The van der Waals surface area contributed by atoms with Gasteiger partial charge >= 0.3 is 0 Å². The summed E-state index contributed by atoms with van der Waals surface area (Å²) in [5.41, 5.74) is 2.21. The van der Waals surface area contributed by atoms with Crippen LogP contribution in [0.4, 0.5) is 0 Å². The Morgan fingerprint density at radius 1 is 0.957 bits per heavy atom. The smallest absolute Gasteiger partial charge is 0.157 e. The summed E-state index contributed by atoms with van der Waals surface area (Å²) in [6.07, 6.45) is 1.70. The van der Waals surface area contributed by atoms with E-state index in [1.165, 1.54) is 5.56 Å². The number of benzene rings is 2. The van der Waals surface area contributed by atoms with E-state index in [1.54, 1.807) is 6.26 Å². The summed E-state index contributed by atoms with van der Waals surface area (Å²) in [5, 5.41) is 2.93. The van der Waals surface area contributed by atoms with Crippen molar-refractivity contribution in [1.29, 1.82) is 0 Å². The summed E-state index contributed by atoms with van der Waals surface area (Å²) in [6.45, 7) is 2.18. The van der Waals surface area contributed by atoms with Crippen LogP contribution in [0, 0.1) is 0 Å². The Morgan fingerprint density at radius 3 is 2.70 bits per heavy atom. The van der Waals surface area contributed by atoms with Crippen LogP contribution in [-0.2, 0) is 19.7 Å². The molecule has 4 heteroatoms. The highest BCUT2D eigenvalue weighted by Gasteiger charge is 2.03. The monoisotopic (exact) mass is 328 g/mol. The van der Waals surface area contributed by atoms with Crippen LogP contribution in [0.25, 0.3) is 0 Å². The molecule has 0 saturated heterocycles. The van der Waals surface area contributed by atoms with Crippen molar-refractivity contribution in [2.45, 2.75) is 19.7 Å². The van der Waals surface area contributed by atoms with Gasteiger partial charge in [0.15, 0.2) is 5.76 Å². The molecule has 0 saturated carbocycles. The van der Waals surface area contributed by atoms with Crippen molar-refractivity contribution in [2.75, 3.05) is 0 Å². The van der Waals surface area contributed by atoms with Gasteiger partial charge in [0, 0.05) is 16.1 Å². The first-order chi connectivity index (χ1) is 11.3. The minimum atomic E-state index is 0.471. The van der Waals surface area contributed by atoms with Gasteiger partial charge in [0.25, 0.3) is 0 Å². The molecule has 1 aromatic heterocycles. The minimum absolute atomic E-state index is 0.471. The average molecular weight is 329 g/mol. The van der Waals surface area contributed by atoms with E-state index < -0.39 is 0 Å². The van der Waals surface area contributed by atoms with Crippen LogP contribution in [0.2, 0.25) is 5.02 Å². The molecule has 3 nitrogen and oxygen atoms in total. The van der Waals surface area contributed by atoms with Gasteiger partial charge in [-0.05, 0) is 30.3 Å². The fourth-order valence-corrected chi connectivity index (χ4v) is 2.54. The van der Waals surface area contributed by atoms with E-state index in [9.17, 15) is 0 Å². The number of nitrogens with two attached hydrogens (primary N) is 1. The Bertz CT molecular complexity index is 741. The fraction of sp³-hybridized carbons (Fsp3) is 0.158. The Morgan fingerprint density at radius 2 is 1.87 bits per heavy atom. The lowest BCUT2D eigenvalue weighted by Crippen LogP contribution is -2.80. The first-order valence-electron chi connectivity index (χ1n) is 7.60. The second-order valence-corrected chi connectivity index (χ2v) is 5.71. The third-order valence-electron chi connectivity index (χ3n) is 3.56. The van der Waals surface area contributed by atoms with Crippen LogP contribution < -0.4 is 10.1 Å². The molecule has 0 bridgehead atoms. The number of quaternary nitrogens is 1. The molecule has 0 radical (unpaired) electrons. The maximum absolute atomic E-state index is 6.15. The van der Waals surface area contributed by atoms with Crippen molar-refractivity contribution in [3.8, 4) is 5.75 Å². The molecule has 0 aliphatic rings. The lowest BCUT2D eigenvalue weighted by Gasteiger charge is -2.09. The van der Waals surface area contributed by atoms with Gasteiger partial charge < -0.3 is 14.5 Å². The summed E-state index contributed by atoms with van der Waals surface area (Å²) >= 11 is 6.15. The quantitative estimate of drug-likeness (QED) is 0.717. The lowest BCUT2D eigenvalue weighted by molar-refractivity contribution is -0.688. The average Bonchev–Trinajstić information content (AvgIpc) is 3.08. The number of furan rings is 1. The highest BCUT2D eigenvalue weighted by molar-refractivity contribution is 6.31. The van der Waals surface area contributed by atoms with E-state index in [4.69, 9.17) is 20.8 Å². The Labute approximate surface area is 140 Å². The lowest BCUT2D eigenvalue weighted by atomic mass is 10.2. The molecule has 3 aromatic rings. The molecule has 0 amide bonds. The van der Waals surface area contributed by atoms with E-state index in [2.05, 4.69) is 17.4 Å². The fourth-order valence-electron chi connectivity index (χ4n) is 2.35. The predicted octanol–water partition coefficient (Wildman–Crippen LogP) is 3.78. The number of hydrogen-bond donors (Lipinski definition) is 1. The second kappa shape index (κ2) is 7.86. The molecule has 0 spiro atoms. The first kappa shape index (κ1) is 15.7. The summed E-state index contributed by atoms with van der Waals surface area (Å²) in [5.74, 6) is 1.84. The van der Waals surface area contributed by atoms with Crippen LogP contribution in [0.1, 0.15) is 16.9 Å². The minimum Gasteiger partial charge on any atom is -0.489 e. The molecule has 1 heterocycles. The van der Waals surface area contributed by atoms with Gasteiger partial charge in [-0.3, -0.25) is 0 Å². The zero-order chi connectivity index (χ0) is 15.9. The summed E-state index contributed by atoms with van der Waals surface area (Å²) < 4.78 is 11.2. The van der Waals surface area contributed by atoms with Gasteiger partial charge in [0.05, 0.1) is 6.26 Å². The highest BCUT2D eigenvalue weighted by atomic mass is 35.5. The molecule has 2 N–H and O–H groups in total. The number of halogens is 1. The van der Waals surface area contributed by atoms with Gasteiger partial charge in [-0.15, -0.1) is 0 Å². The molecule has 0 atom stereocenters. The molecule has 118 valence electrons. The predicted molar refractivity (Wildman–Crippen MR) is 90.3 cm³/mol. The van der Waals surface area contributed by atoms with Crippen molar-refractivity contribution in [1.82, 2.24) is 0 Å². The molecular weight excluding hydrogens is 310 g/mol. The highest BCUT2D eigenvalue weighted by Crippen LogP contribution is 2.19. The van der Waals surface area contributed by atoms with E-state index in [-0.39, 0.29) is 0 Å². The molecule has 0 fully saturated rings. The van der Waals surface area contributed by atoms with Crippen LogP contribution in [0.5, 0.6) is 5.75 Å². The molecule has 23 heavy (non-hydrogen) atoms. The first-order valence-corrected chi connectivity index (χ1v) is 7.98. The molecule has 0 aliphatic carbocycles. The normalized spacial score (nSPS) is 10.7. The summed E-state index contributed by atoms with van der Waals surface area (Å²) in [6, 6.07) is 19.8. The Balaban J connectivity index is 1.53. The van der Waals surface area contributed by atoms with E-state index in [0.29, 0.717) is 6.61 Å². The van der Waals surface area contributed by atoms with Crippen molar-refractivity contribution in [2.24, 2.45) is 0 Å². The summed E-state index contributed by atoms with van der Waals surface area (Å²) in [7, 11) is 0. The van der Waals surface area contributed by atoms with Gasteiger partial charge in [-0.1, -0.05) is 41.9 Å². The standard InChI is InChI=1S/C19H18ClNO2/c20-19-9-2-1-6-16(19)14-23-17-7-3-5-15(11-17)12-21-13-18-8-4-10-22-18/h1-11,21H,12-14H2/p+1. The van der Waals surface area contributed by atoms with Crippen LogP contribution >= 0.6 is 11.6 Å². The zero-order valence-electron chi connectivity index (χ0n) is 12.7. The van der Waals surface area contributed by atoms with Crippen LogP contribution in [0.15, 0.2) is 71.3 Å². The van der Waals surface area contributed by atoms with E-state index >= 15 is 0 Å². The second-order valence-electron chi connectivity index (χ2n) is 5.30. The molecule has 0 unspecified atom stereocenters. The number of hydrogen-bond acceptors (Lipinski definition) is 2.